The Hall–Kier alpha value is -0.570. The molecule has 20 heavy (non-hydrogen) atoms. The zero-order valence-electron chi connectivity index (χ0n) is 12.6. The molecule has 0 N–H and O–H groups in total. The van der Waals surface area contributed by atoms with E-state index < -0.39 is 0 Å². The highest BCUT2D eigenvalue weighted by Crippen LogP contribution is 2.37. The van der Waals surface area contributed by atoms with Crippen LogP contribution in [0.5, 0.6) is 0 Å². The van der Waals surface area contributed by atoms with E-state index in [4.69, 9.17) is 16.3 Å². The monoisotopic (exact) mass is 295 g/mol. The van der Waals surface area contributed by atoms with E-state index in [-0.39, 0.29) is 11.5 Å². The van der Waals surface area contributed by atoms with Gasteiger partial charge in [-0.25, -0.2) is 0 Å². The molecule has 0 saturated carbocycles. The summed E-state index contributed by atoms with van der Waals surface area (Å²) in [5.74, 6) is 0. The molecule has 0 aromatic heterocycles. The van der Waals surface area contributed by atoms with Crippen molar-refractivity contribution >= 4 is 11.6 Å². The number of rotatable bonds is 8. The normalized spacial score (nSPS) is 21.4. The van der Waals surface area contributed by atoms with Gasteiger partial charge in [0.15, 0.2) is 0 Å². The van der Waals surface area contributed by atoms with Gasteiger partial charge in [-0.2, -0.15) is 0 Å². The van der Waals surface area contributed by atoms with Gasteiger partial charge in [0.1, 0.15) is 0 Å². The Morgan fingerprint density at radius 1 is 1.20 bits per heavy atom. The van der Waals surface area contributed by atoms with Gasteiger partial charge in [0.25, 0.3) is 0 Å². The summed E-state index contributed by atoms with van der Waals surface area (Å²) in [6.45, 7) is 8.68. The van der Waals surface area contributed by atoms with Crippen molar-refractivity contribution in [1.29, 1.82) is 0 Å². The average Bonchev–Trinajstić information content (AvgIpc) is 2.79. The maximum atomic E-state index is 6.42. The van der Waals surface area contributed by atoms with E-state index in [1.807, 2.05) is 0 Å². The number of hydrogen-bond donors (Lipinski definition) is 0. The number of alkyl halides is 1. The number of hydrogen-bond acceptors (Lipinski definition) is 2. The molecule has 0 heterocycles. The number of nitrogens with zero attached hydrogens (tertiary/aromatic N) is 1. The summed E-state index contributed by atoms with van der Waals surface area (Å²) < 4.78 is 6.04. The predicted molar refractivity (Wildman–Crippen MR) is 85.5 cm³/mol. The van der Waals surface area contributed by atoms with E-state index in [2.05, 4.69) is 43.0 Å². The van der Waals surface area contributed by atoms with Crippen LogP contribution < -0.4 is 0 Å². The maximum Gasteiger partial charge on any atom is 0.0994 e. The Labute approximate surface area is 128 Å². The summed E-state index contributed by atoms with van der Waals surface area (Å²) in [5, 5.41) is 0.0928. The molecule has 2 nitrogen and oxygen atoms in total. The third kappa shape index (κ3) is 3.97. The zero-order valence-corrected chi connectivity index (χ0v) is 13.4. The molecule has 2 unspecified atom stereocenters. The predicted octanol–water partition coefficient (Wildman–Crippen LogP) is 4.03. The molecule has 0 fully saturated rings. The van der Waals surface area contributed by atoms with Crippen LogP contribution in [0.15, 0.2) is 24.3 Å². The lowest BCUT2D eigenvalue weighted by Gasteiger charge is -2.19. The minimum Gasteiger partial charge on any atom is -0.372 e. The van der Waals surface area contributed by atoms with E-state index in [0.717, 1.165) is 32.5 Å². The molecule has 0 amide bonds. The second-order valence-corrected chi connectivity index (χ2v) is 6.00. The molecular weight excluding hydrogens is 270 g/mol. The van der Waals surface area contributed by atoms with Gasteiger partial charge in [0.2, 0.25) is 0 Å². The summed E-state index contributed by atoms with van der Waals surface area (Å²) in [6, 6.07) is 8.46. The first kappa shape index (κ1) is 15.8. The first-order chi connectivity index (χ1) is 9.76. The van der Waals surface area contributed by atoms with Crippen molar-refractivity contribution in [3.63, 3.8) is 0 Å². The van der Waals surface area contributed by atoms with Gasteiger partial charge in [-0.15, -0.1) is 11.6 Å². The second-order valence-electron chi connectivity index (χ2n) is 5.44. The Kier molecular flexibility index (Phi) is 6.34. The van der Waals surface area contributed by atoms with E-state index in [9.17, 15) is 0 Å². The van der Waals surface area contributed by atoms with Crippen molar-refractivity contribution in [3.05, 3.63) is 35.4 Å². The Morgan fingerprint density at radius 2 is 1.95 bits per heavy atom. The van der Waals surface area contributed by atoms with Crippen LogP contribution in [0.4, 0.5) is 0 Å². The first-order valence-electron chi connectivity index (χ1n) is 7.82. The van der Waals surface area contributed by atoms with E-state index in [1.165, 1.54) is 24.1 Å². The van der Waals surface area contributed by atoms with Gasteiger partial charge >= 0.3 is 0 Å². The number of benzene rings is 1. The quantitative estimate of drug-likeness (QED) is 0.530. The lowest BCUT2D eigenvalue weighted by atomic mass is 10.1. The van der Waals surface area contributed by atoms with Gasteiger partial charge < -0.3 is 9.64 Å². The Morgan fingerprint density at radius 3 is 2.70 bits per heavy atom. The Bertz CT molecular complexity index is 406. The third-order valence-corrected chi connectivity index (χ3v) is 4.55. The summed E-state index contributed by atoms with van der Waals surface area (Å²) in [4.78, 5) is 2.45. The van der Waals surface area contributed by atoms with Gasteiger partial charge in [0, 0.05) is 6.61 Å². The minimum absolute atomic E-state index is 0.0846. The molecule has 0 saturated heterocycles. The van der Waals surface area contributed by atoms with Crippen molar-refractivity contribution in [1.82, 2.24) is 4.90 Å². The maximum absolute atomic E-state index is 6.42. The summed E-state index contributed by atoms with van der Waals surface area (Å²) in [6.07, 6.45) is 3.32. The summed E-state index contributed by atoms with van der Waals surface area (Å²) in [5.41, 5.74) is 2.64. The molecule has 2 rings (SSSR count). The highest BCUT2D eigenvalue weighted by molar-refractivity contribution is 6.21. The molecular formula is C17H26ClNO. The van der Waals surface area contributed by atoms with Crippen LogP contribution >= 0.6 is 11.6 Å². The topological polar surface area (TPSA) is 12.5 Å². The Balaban J connectivity index is 1.72. The van der Waals surface area contributed by atoms with Crippen LogP contribution in [0.25, 0.3) is 0 Å². The summed E-state index contributed by atoms with van der Waals surface area (Å²) >= 11 is 6.42. The number of ether oxygens (including phenoxy) is 1. The summed E-state index contributed by atoms with van der Waals surface area (Å²) in [7, 11) is 0. The molecule has 2 atom stereocenters. The highest BCUT2D eigenvalue weighted by atomic mass is 35.5. The third-order valence-electron chi connectivity index (χ3n) is 4.17. The molecule has 3 heteroatoms. The first-order valence-corrected chi connectivity index (χ1v) is 8.25. The molecule has 1 aliphatic carbocycles. The molecule has 1 aromatic rings. The van der Waals surface area contributed by atoms with Crippen LogP contribution in [0.1, 0.15) is 43.9 Å². The van der Waals surface area contributed by atoms with Gasteiger partial charge in [-0.1, -0.05) is 38.1 Å². The largest absolute Gasteiger partial charge is 0.372 e. The van der Waals surface area contributed by atoms with E-state index in [0.29, 0.717) is 0 Å². The number of unbranched alkanes of at least 4 members (excludes halogenated alkanes) is 1. The van der Waals surface area contributed by atoms with Crippen LogP contribution in [0, 0.1) is 0 Å². The lowest BCUT2D eigenvalue weighted by molar-refractivity contribution is 0.0526. The molecule has 0 aliphatic heterocycles. The van der Waals surface area contributed by atoms with Crippen LogP contribution in [-0.2, 0) is 11.2 Å². The average molecular weight is 296 g/mol. The van der Waals surface area contributed by atoms with Crippen LogP contribution in [-0.4, -0.2) is 36.5 Å². The lowest BCUT2D eigenvalue weighted by Crippen LogP contribution is -2.24. The van der Waals surface area contributed by atoms with Crippen molar-refractivity contribution in [3.8, 4) is 0 Å². The molecule has 0 spiro atoms. The molecule has 112 valence electrons. The van der Waals surface area contributed by atoms with Crippen LogP contribution in [0.2, 0.25) is 0 Å². The van der Waals surface area contributed by atoms with Crippen molar-refractivity contribution < 1.29 is 4.74 Å². The van der Waals surface area contributed by atoms with Crippen LogP contribution in [0.3, 0.4) is 0 Å². The van der Waals surface area contributed by atoms with Crippen molar-refractivity contribution in [2.75, 3.05) is 26.2 Å². The van der Waals surface area contributed by atoms with Gasteiger partial charge in [-0.3, -0.25) is 0 Å². The molecule has 1 aliphatic rings. The molecule has 1 aromatic carbocycles. The fourth-order valence-corrected chi connectivity index (χ4v) is 3.27. The molecule has 0 bridgehead atoms. The fraction of sp³-hybridized carbons (Fsp3) is 0.647. The minimum atomic E-state index is 0.0846. The van der Waals surface area contributed by atoms with Gasteiger partial charge in [-0.05, 0) is 50.0 Å². The standard InChI is InChI=1S/C17H26ClNO/c1-3-19(4-2)11-7-8-12-20-17-15-10-6-5-9-14(15)13-16(17)18/h5-6,9-10,16-17H,3-4,7-8,11-13H2,1-2H3. The van der Waals surface area contributed by atoms with Gasteiger partial charge in [0.05, 0.1) is 11.5 Å². The van der Waals surface area contributed by atoms with Crippen molar-refractivity contribution in [2.24, 2.45) is 0 Å². The molecule has 0 radical (unpaired) electrons. The highest BCUT2D eigenvalue weighted by Gasteiger charge is 2.31. The number of halogens is 1. The smallest absolute Gasteiger partial charge is 0.0994 e. The second kappa shape index (κ2) is 8.02. The number of fused-ring (bicyclic) bond motifs is 1. The van der Waals surface area contributed by atoms with E-state index >= 15 is 0 Å². The zero-order chi connectivity index (χ0) is 14.4. The SMILES string of the molecule is CCN(CC)CCCCOC1c2ccccc2CC1Cl. The van der Waals surface area contributed by atoms with E-state index in [1.54, 1.807) is 0 Å². The fourth-order valence-electron chi connectivity index (χ4n) is 2.89. The van der Waals surface area contributed by atoms with Crippen molar-refractivity contribution in [2.45, 2.75) is 44.6 Å².